The largest absolute Gasteiger partial charge is 0.383 e. The Balaban J connectivity index is 1.47. The van der Waals surface area contributed by atoms with Gasteiger partial charge in [-0.15, -0.1) is 16.4 Å². The molecule has 3 aromatic heterocycles. The molecule has 1 fully saturated rings. The molecule has 9 nitrogen and oxygen atoms in total. The molecule has 1 saturated carbocycles. The maximum atomic E-state index is 9.84. The molecular formula is C29H26ClN9S. The van der Waals surface area contributed by atoms with Crippen molar-refractivity contribution in [3.63, 3.8) is 0 Å². The molecule has 11 heteroatoms. The summed E-state index contributed by atoms with van der Waals surface area (Å²) >= 11 is 8.33. The van der Waals surface area contributed by atoms with Crippen LogP contribution in [0.2, 0.25) is 5.02 Å². The molecule has 0 aliphatic heterocycles. The van der Waals surface area contributed by atoms with E-state index in [1.807, 2.05) is 42.0 Å². The SMILES string of the molecule is CC(C)(C)CNc1c(C#N)cnc2c(Cl)cc(NC(c3cn(C4(C#N)CC4)nn3)c3cccc4ncsc34)cc12. The van der Waals surface area contributed by atoms with Crippen LogP contribution in [-0.4, -0.2) is 31.5 Å². The highest BCUT2D eigenvalue weighted by molar-refractivity contribution is 7.17. The topological polar surface area (TPSA) is 128 Å². The number of benzene rings is 2. The Kier molecular flexibility index (Phi) is 6.33. The summed E-state index contributed by atoms with van der Waals surface area (Å²) in [5.41, 5.74) is 6.25. The van der Waals surface area contributed by atoms with Crippen LogP contribution in [0.3, 0.4) is 0 Å². The lowest BCUT2D eigenvalue weighted by Gasteiger charge is -2.22. The van der Waals surface area contributed by atoms with Crippen molar-refractivity contribution in [3.8, 4) is 12.1 Å². The third-order valence-corrected chi connectivity index (χ3v) is 8.21. The Bertz CT molecular complexity index is 1830. The van der Waals surface area contributed by atoms with E-state index >= 15 is 0 Å². The third kappa shape index (κ3) is 4.70. The number of aromatic nitrogens is 5. The van der Waals surface area contributed by atoms with Crippen LogP contribution in [-0.2, 0) is 5.54 Å². The highest BCUT2D eigenvalue weighted by Crippen LogP contribution is 2.43. The fraction of sp³-hybridized carbons (Fsp3) is 0.310. The molecule has 0 amide bonds. The lowest BCUT2D eigenvalue weighted by atomic mass is 9.96. The zero-order valence-electron chi connectivity index (χ0n) is 22.2. The van der Waals surface area contributed by atoms with Crippen molar-refractivity contribution in [2.75, 3.05) is 17.2 Å². The Morgan fingerprint density at radius 2 is 2.02 bits per heavy atom. The normalized spacial score (nSPS) is 14.9. The summed E-state index contributed by atoms with van der Waals surface area (Å²) in [5, 5.41) is 36.7. The van der Waals surface area contributed by atoms with Crippen LogP contribution in [0.15, 0.2) is 48.2 Å². The minimum atomic E-state index is -0.620. The number of anilines is 2. The number of pyridine rings is 1. The van der Waals surface area contributed by atoms with Crippen LogP contribution in [0.5, 0.6) is 0 Å². The maximum absolute atomic E-state index is 9.84. The fourth-order valence-corrected chi connectivity index (χ4v) is 5.82. The fourth-order valence-electron chi connectivity index (χ4n) is 4.71. The second-order valence-electron chi connectivity index (χ2n) is 11.3. The van der Waals surface area contributed by atoms with E-state index < -0.39 is 11.6 Å². The van der Waals surface area contributed by atoms with Gasteiger partial charge in [-0.25, -0.2) is 9.67 Å². The first kappa shape index (κ1) is 26.0. The molecule has 5 aromatic rings. The third-order valence-electron chi connectivity index (χ3n) is 7.03. The van der Waals surface area contributed by atoms with Gasteiger partial charge < -0.3 is 10.6 Å². The second kappa shape index (κ2) is 9.74. The Labute approximate surface area is 240 Å². The minimum Gasteiger partial charge on any atom is -0.383 e. The van der Waals surface area contributed by atoms with Gasteiger partial charge in [-0.2, -0.15) is 10.5 Å². The van der Waals surface area contributed by atoms with Gasteiger partial charge in [-0.3, -0.25) is 4.98 Å². The van der Waals surface area contributed by atoms with Gasteiger partial charge in [-0.05, 0) is 42.0 Å². The molecule has 200 valence electrons. The lowest BCUT2D eigenvalue weighted by molar-refractivity contribution is 0.443. The van der Waals surface area contributed by atoms with Crippen LogP contribution in [0, 0.1) is 28.1 Å². The molecule has 2 N–H and O–H groups in total. The molecule has 0 spiro atoms. The summed E-state index contributed by atoms with van der Waals surface area (Å²) in [6.07, 6.45) is 4.92. The zero-order valence-corrected chi connectivity index (χ0v) is 23.8. The van der Waals surface area contributed by atoms with Gasteiger partial charge in [0.25, 0.3) is 0 Å². The standard InChI is InChI=1S/C29H26ClN9S/c1-28(2,3)15-34-24-17(11-31)12-33-25-20(24)9-18(10-21(25)30)36-26(19-5-4-6-22-27(19)40-16-35-22)23-13-39(38-37-23)29(14-32)7-8-29/h4-6,9-10,12-13,16,26,36H,7-8,15H2,1-3H3,(H,33,34). The predicted molar refractivity (Wildman–Crippen MR) is 157 cm³/mol. The van der Waals surface area contributed by atoms with Crippen molar-refractivity contribution < 1.29 is 0 Å². The molecule has 1 atom stereocenters. The second-order valence-corrected chi connectivity index (χ2v) is 12.5. The average molecular weight is 568 g/mol. The molecule has 2 aromatic carbocycles. The number of rotatable bonds is 7. The smallest absolute Gasteiger partial charge is 0.150 e. The highest BCUT2D eigenvalue weighted by atomic mass is 35.5. The maximum Gasteiger partial charge on any atom is 0.150 e. The van der Waals surface area contributed by atoms with E-state index in [4.69, 9.17) is 11.6 Å². The minimum absolute atomic E-state index is 0.00529. The molecule has 1 unspecified atom stereocenters. The Morgan fingerprint density at radius 1 is 1.20 bits per heavy atom. The van der Waals surface area contributed by atoms with Crippen LogP contribution in [0.4, 0.5) is 11.4 Å². The van der Waals surface area contributed by atoms with Gasteiger partial charge in [0, 0.05) is 23.8 Å². The van der Waals surface area contributed by atoms with Gasteiger partial charge in [0.2, 0.25) is 0 Å². The summed E-state index contributed by atoms with van der Waals surface area (Å²) in [6.45, 7) is 7.05. The first-order chi connectivity index (χ1) is 19.2. The van der Waals surface area contributed by atoms with Crippen LogP contribution in [0.1, 0.15) is 56.5 Å². The average Bonchev–Trinajstić information content (AvgIpc) is 3.31. The molecule has 6 rings (SSSR count). The zero-order chi connectivity index (χ0) is 28.1. The van der Waals surface area contributed by atoms with Gasteiger partial charge in [0.15, 0.2) is 5.54 Å². The molecule has 40 heavy (non-hydrogen) atoms. The van der Waals surface area contributed by atoms with Crippen LogP contribution >= 0.6 is 22.9 Å². The van der Waals surface area contributed by atoms with Gasteiger partial charge in [0.1, 0.15) is 11.8 Å². The molecule has 1 aliphatic carbocycles. The number of thiazole rings is 1. The van der Waals surface area contributed by atoms with E-state index in [0.717, 1.165) is 39.7 Å². The lowest BCUT2D eigenvalue weighted by Crippen LogP contribution is -2.20. The van der Waals surface area contributed by atoms with Gasteiger partial charge in [-0.1, -0.05) is 49.7 Å². The molecule has 0 radical (unpaired) electrons. The van der Waals surface area contributed by atoms with E-state index in [1.165, 1.54) is 0 Å². The first-order valence-corrected chi connectivity index (χ1v) is 14.2. The number of nitrogens with one attached hydrogen (secondary N) is 2. The van der Waals surface area contributed by atoms with E-state index in [2.05, 4.69) is 63.8 Å². The van der Waals surface area contributed by atoms with Crippen molar-refractivity contribution >= 4 is 55.4 Å². The van der Waals surface area contributed by atoms with Gasteiger partial charge >= 0.3 is 0 Å². The molecule has 3 heterocycles. The number of fused-ring (bicyclic) bond motifs is 2. The monoisotopic (exact) mass is 567 g/mol. The summed E-state index contributed by atoms with van der Waals surface area (Å²) in [5.74, 6) is 0. The Morgan fingerprint density at radius 3 is 2.75 bits per heavy atom. The molecule has 0 saturated heterocycles. The predicted octanol–water partition coefficient (Wildman–Crippen LogP) is 6.63. The van der Waals surface area contributed by atoms with E-state index in [1.54, 1.807) is 22.2 Å². The van der Waals surface area contributed by atoms with E-state index in [-0.39, 0.29) is 5.41 Å². The van der Waals surface area contributed by atoms with Crippen molar-refractivity contribution in [1.82, 2.24) is 25.0 Å². The van der Waals surface area contributed by atoms with Crippen molar-refractivity contribution in [2.45, 2.75) is 45.2 Å². The summed E-state index contributed by atoms with van der Waals surface area (Å²) in [6, 6.07) is 14.0. The number of nitriles is 2. The Hall–Kier alpha value is -4.25. The van der Waals surface area contributed by atoms with E-state index in [0.29, 0.717) is 34.0 Å². The number of halogens is 1. The van der Waals surface area contributed by atoms with Crippen molar-refractivity contribution in [2.24, 2.45) is 5.41 Å². The van der Waals surface area contributed by atoms with Crippen LogP contribution < -0.4 is 10.6 Å². The van der Waals surface area contributed by atoms with Crippen molar-refractivity contribution in [3.05, 3.63) is 70.1 Å². The molecule has 0 bridgehead atoms. The number of nitrogens with zero attached hydrogens (tertiary/aromatic N) is 7. The van der Waals surface area contributed by atoms with E-state index in [9.17, 15) is 10.5 Å². The molecular weight excluding hydrogens is 542 g/mol. The van der Waals surface area contributed by atoms with Crippen molar-refractivity contribution in [1.29, 1.82) is 10.5 Å². The number of hydrogen-bond acceptors (Lipinski definition) is 9. The summed E-state index contributed by atoms with van der Waals surface area (Å²) in [7, 11) is 0. The van der Waals surface area contributed by atoms with Gasteiger partial charge in [0.05, 0.1) is 55.8 Å². The number of hydrogen-bond donors (Lipinski definition) is 2. The quantitative estimate of drug-likeness (QED) is 0.224. The van der Waals surface area contributed by atoms with Crippen LogP contribution in [0.25, 0.3) is 21.1 Å². The summed E-state index contributed by atoms with van der Waals surface area (Å²) < 4.78 is 2.71. The molecule has 1 aliphatic rings. The first-order valence-electron chi connectivity index (χ1n) is 12.9. The highest BCUT2D eigenvalue weighted by Gasteiger charge is 2.47. The summed E-state index contributed by atoms with van der Waals surface area (Å²) in [4.78, 5) is 8.98.